The third-order valence-corrected chi connectivity index (χ3v) is 2.38. The number of piperazine rings is 1. The van der Waals surface area contributed by atoms with Crippen molar-refractivity contribution >= 4 is 29.9 Å². The molecule has 1 fully saturated rings. The molecule has 1 rings (SSSR count). The summed E-state index contributed by atoms with van der Waals surface area (Å²) in [6.45, 7) is 3.86. The minimum absolute atomic E-state index is 0. The maximum absolute atomic E-state index is 11.2. The van der Waals surface area contributed by atoms with Crippen molar-refractivity contribution in [3.8, 4) is 12.3 Å². The lowest BCUT2D eigenvalue weighted by molar-refractivity contribution is -0.130. The van der Waals surface area contributed by atoms with Crippen LogP contribution in [0.2, 0.25) is 0 Å². The molecule has 0 unspecified atom stereocenters. The lowest BCUT2D eigenvalue weighted by Gasteiger charge is -2.33. The first kappa shape index (κ1) is 13.6. The van der Waals surface area contributed by atoms with E-state index >= 15 is 0 Å². The second-order valence-corrected chi connectivity index (χ2v) is 3.26. The number of terminal acetylenes is 1. The lowest BCUT2D eigenvalue weighted by atomic mass is 10.3. The number of halogens is 2. The van der Waals surface area contributed by atoms with Gasteiger partial charge in [0.15, 0.2) is 0 Å². The van der Waals surface area contributed by atoms with Crippen LogP contribution in [-0.4, -0.2) is 54.3 Å². The molecular weight excluding hydrogens is 223 g/mol. The van der Waals surface area contributed by atoms with Gasteiger partial charge in [0.1, 0.15) is 5.88 Å². The molecule has 0 radical (unpaired) electrons. The molecule has 0 aromatic heterocycles. The maximum Gasteiger partial charge on any atom is 0.237 e. The number of alkyl halides is 1. The minimum Gasteiger partial charge on any atom is -0.339 e. The SMILES string of the molecule is C#CCN1CCN(C(=O)CCl)CC1.Cl. The Morgan fingerprint density at radius 3 is 2.36 bits per heavy atom. The Hall–Kier alpha value is -0.430. The molecule has 1 aliphatic rings. The van der Waals surface area contributed by atoms with Gasteiger partial charge in [0.25, 0.3) is 0 Å². The summed E-state index contributed by atoms with van der Waals surface area (Å²) in [6, 6.07) is 0. The first-order valence-electron chi connectivity index (χ1n) is 4.27. The van der Waals surface area contributed by atoms with Gasteiger partial charge in [-0.25, -0.2) is 0 Å². The van der Waals surface area contributed by atoms with E-state index in [0.717, 1.165) is 26.2 Å². The molecule has 5 heteroatoms. The molecule has 1 aliphatic heterocycles. The van der Waals surface area contributed by atoms with Gasteiger partial charge in [-0.05, 0) is 0 Å². The molecule has 3 nitrogen and oxygen atoms in total. The van der Waals surface area contributed by atoms with E-state index < -0.39 is 0 Å². The van der Waals surface area contributed by atoms with Gasteiger partial charge in [0.05, 0.1) is 6.54 Å². The summed E-state index contributed by atoms with van der Waals surface area (Å²) in [5.41, 5.74) is 0. The summed E-state index contributed by atoms with van der Waals surface area (Å²) in [4.78, 5) is 15.1. The molecule has 1 saturated heterocycles. The molecule has 0 N–H and O–H groups in total. The topological polar surface area (TPSA) is 23.6 Å². The third-order valence-electron chi connectivity index (χ3n) is 2.15. The van der Waals surface area contributed by atoms with E-state index in [1.807, 2.05) is 0 Å². The normalized spacial score (nSPS) is 17.0. The maximum atomic E-state index is 11.2. The summed E-state index contributed by atoms with van der Waals surface area (Å²) in [6.07, 6.45) is 5.19. The van der Waals surface area contributed by atoms with Crippen LogP contribution >= 0.6 is 24.0 Å². The van der Waals surface area contributed by atoms with Crippen molar-refractivity contribution in [3.63, 3.8) is 0 Å². The molecule has 0 bridgehead atoms. The highest BCUT2D eigenvalue weighted by atomic mass is 35.5. The van der Waals surface area contributed by atoms with Crippen molar-refractivity contribution < 1.29 is 4.79 Å². The summed E-state index contributed by atoms with van der Waals surface area (Å²) in [7, 11) is 0. The number of nitrogens with zero attached hydrogens (tertiary/aromatic N) is 2. The van der Waals surface area contributed by atoms with Gasteiger partial charge in [-0.15, -0.1) is 30.4 Å². The van der Waals surface area contributed by atoms with Crippen LogP contribution in [0.3, 0.4) is 0 Å². The summed E-state index contributed by atoms with van der Waals surface area (Å²) < 4.78 is 0. The van der Waals surface area contributed by atoms with Crippen LogP contribution in [0.15, 0.2) is 0 Å². The Kier molecular flexibility index (Phi) is 6.73. The third kappa shape index (κ3) is 3.75. The van der Waals surface area contributed by atoms with Crippen molar-refractivity contribution in [2.24, 2.45) is 0 Å². The average molecular weight is 237 g/mol. The summed E-state index contributed by atoms with van der Waals surface area (Å²) in [5, 5.41) is 0. The van der Waals surface area contributed by atoms with Crippen LogP contribution in [0, 0.1) is 12.3 Å². The molecule has 0 aromatic rings. The van der Waals surface area contributed by atoms with Crippen molar-refractivity contribution in [2.75, 3.05) is 38.6 Å². The zero-order valence-electron chi connectivity index (χ0n) is 7.91. The van der Waals surface area contributed by atoms with E-state index in [0.29, 0.717) is 6.54 Å². The smallest absolute Gasteiger partial charge is 0.237 e. The predicted octanol–water partition coefficient (Wildman–Crippen LogP) is 0.424. The van der Waals surface area contributed by atoms with Crippen LogP contribution in [0.1, 0.15) is 0 Å². The Labute approximate surface area is 95.8 Å². The highest BCUT2D eigenvalue weighted by Crippen LogP contribution is 2.01. The number of amides is 1. The van der Waals surface area contributed by atoms with E-state index in [2.05, 4.69) is 10.8 Å². The zero-order chi connectivity index (χ0) is 9.68. The molecular formula is C9H14Cl2N2O. The lowest BCUT2D eigenvalue weighted by Crippen LogP contribution is -2.49. The Balaban J connectivity index is 0.00000169. The molecule has 0 spiro atoms. The highest BCUT2D eigenvalue weighted by molar-refractivity contribution is 6.27. The van der Waals surface area contributed by atoms with Crippen molar-refractivity contribution in [3.05, 3.63) is 0 Å². The molecule has 0 atom stereocenters. The van der Waals surface area contributed by atoms with Crippen LogP contribution in [0.5, 0.6) is 0 Å². The van der Waals surface area contributed by atoms with Crippen LogP contribution in [0.25, 0.3) is 0 Å². The number of rotatable bonds is 2. The molecule has 1 heterocycles. The quantitative estimate of drug-likeness (QED) is 0.513. The number of carbonyl (C=O) groups is 1. The average Bonchev–Trinajstić information content (AvgIpc) is 2.18. The minimum atomic E-state index is 0. The van der Waals surface area contributed by atoms with Crippen LogP contribution < -0.4 is 0 Å². The largest absolute Gasteiger partial charge is 0.339 e. The standard InChI is InChI=1S/C9H13ClN2O.ClH/c1-2-3-11-4-6-12(7-5-11)9(13)8-10;/h1H,3-8H2;1H. The summed E-state index contributed by atoms with van der Waals surface area (Å²) >= 11 is 5.45. The monoisotopic (exact) mass is 236 g/mol. The van der Waals surface area contributed by atoms with Crippen molar-refractivity contribution in [1.29, 1.82) is 0 Å². The molecule has 0 saturated carbocycles. The Bertz CT molecular complexity index is 219. The predicted molar refractivity (Wildman–Crippen MR) is 59.8 cm³/mol. The highest BCUT2D eigenvalue weighted by Gasteiger charge is 2.19. The van der Waals surface area contributed by atoms with Gasteiger partial charge in [0, 0.05) is 26.2 Å². The van der Waals surface area contributed by atoms with Gasteiger partial charge in [0.2, 0.25) is 5.91 Å². The van der Waals surface area contributed by atoms with Gasteiger partial charge >= 0.3 is 0 Å². The zero-order valence-corrected chi connectivity index (χ0v) is 9.48. The van der Waals surface area contributed by atoms with Crippen LogP contribution in [0.4, 0.5) is 0 Å². The molecule has 0 aromatic carbocycles. The van der Waals surface area contributed by atoms with Gasteiger partial charge in [-0.1, -0.05) is 5.92 Å². The van der Waals surface area contributed by atoms with Crippen molar-refractivity contribution in [2.45, 2.75) is 0 Å². The first-order valence-corrected chi connectivity index (χ1v) is 4.81. The van der Waals surface area contributed by atoms with E-state index in [1.165, 1.54) is 0 Å². The fourth-order valence-corrected chi connectivity index (χ4v) is 1.54. The molecule has 0 aliphatic carbocycles. The van der Waals surface area contributed by atoms with Gasteiger partial charge < -0.3 is 4.90 Å². The summed E-state index contributed by atoms with van der Waals surface area (Å²) in [5.74, 6) is 2.69. The molecule has 1 amide bonds. The van der Waals surface area contributed by atoms with E-state index in [-0.39, 0.29) is 24.2 Å². The van der Waals surface area contributed by atoms with E-state index in [4.69, 9.17) is 18.0 Å². The van der Waals surface area contributed by atoms with Gasteiger partial charge in [-0.3, -0.25) is 9.69 Å². The van der Waals surface area contributed by atoms with Crippen molar-refractivity contribution in [1.82, 2.24) is 9.80 Å². The van der Waals surface area contributed by atoms with Crippen LogP contribution in [-0.2, 0) is 4.79 Å². The molecule has 80 valence electrons. The Morgan fingerprint density at radius 2 is 1.93 bits per heavy atom. The second-order valence-electron chi connectivity index (χ2n) is 2.99. The van der Waals surface area contributed by atoms with Gasteiger partial charge in [-0.2, -0.15) is 0 Å². The first-order chi connectivity index (χ1) is 6.27. The second kappa shape index (κ2) is 6.94. The fourth-order valence-electron chi connectivity index (χ4n) is 1.37. The number of hydrogen-bond acceptors (Lipinski definition) is 2. The van der Waals surface area contributed by atoms with E-state index in [1.54, 1.807) is 4.90 Å². The number of carbonyl (C=O) groups excluding carboxylic acids is 1. The van der Waals surface area contributed by atoms with E-state index in [9.17, 15) is 4.79 Å². The molecule has 14 heavy (non-hydrogen) atoms. The Morgan fingerprint density at radius 1 is 1.36 bits per heavy atom. The fraction of sp³-hybridized carbons (Fsp3) is 0.667. The number of hydrogen-bond donors (Lipinski definition) is 0.